The third kappa shape index (κ3) is 5.56. The molecule has 1 heterocycles. The number of H-pyrrole nitrogens is 1. The first-order valence-electron chi connectivity index (χ1n) is 9.24. The first-order chi connectivity index (χ1) is 13.0. The molecule has 2 aromatic rings. The standard InChI is InChI=1S/C19H25N5O2S/c1-12-7-9-14(10-8-12)17-22-19(24-23-17)27-11-16(25)21-18(26)20-15-6-4-3-5-13(15)2/h7-10,13,15H,3-6,11H2,1-2H3,(H,22,23,24)(H2,20,21,25,26)/t13-,15-/m0/s1. The average Bonchev–Trinajstić information content (AvgIpc) is 3.11. The van der Waals surface area contributed by atoms with Gasteiger partial charge in [0.05, 0.1) is 5.75 Å². The summed E-state index contributed by atoms with van der Waals surface area (Å²) >= 11 is 1.19. The molecule has 0 radical (unpaired) electrons. The predicted octanol–water partition coefficient (Wildman–Crippen LogP) is 3.28. The minimum absolute atomic E-state index is 0.0822. The van der Waals surface area contributed by atoms with Gasteiger partial charge in [0.25, 0.3) is 0 Å². The maximum absolute atomic E-state index is 12.0. The second-order valence-corrected chi connectivity index (χ2v) is 7.95. The van der Waals surface area contributed by atoms with Crippen LogP contribution >= 0.6 is 11.8 Å². The van der Waals surface area contributed by atoms with E-state index >= 15 is 0 Å². The number of carbonyl (C=O) groups is 2. The Morgan fingerprint density at radius 2 is 1.96 bits per heavy atom. The van der Waals surface area contributed by atoms with E-state index in [0.717, 1.165) is 24.8 Å². The molecule has 3 N–H and O–H groups in total. The molecule has 1 aliphatic carbocycles. The number of aromatic nitrogens is 3. The van der Waals surface area contributed by atoms with Gasteiger partial charge in [-0.1, -0.05) is 61.4 Å². The van der Waals surface area contributed by atoms with Crippen molar-refractivity contribution in [2.45, 2.75) is 50.7 Å². The zero-order valence-electron chi connectivity index (χ0n) is 15.6. The minimum atomic E-state index is -0.422. The maximum atomic E-state index is 12.0. The third-order valence-corrected chi connectivity index (χ3v) is 5.65. The highest BCUT2D eigenvalue weighted by Gasteiger charge is 2.23. The lowest BCUT2D eigenvalue weighted by molar-refractivity contribution is -0.117. The molecule has 0 spiro atoms. The van der Waals surface area contributed by atoms with Gasteiger partial charge in [0.2, 0.25) is 11.1 Å². The number of carbonyl (C=O) groups excluding carboxylic acids is 2. The van der Waals surface area contributed by atoms with Crippen LogP contribution in [0.4, 0.5) is 4.79 Å². The summed E-state index contributed by atoms with van der Waals surface area (Å²) in [4.78, 5) is 28.4. The fourth-order valence-corrected chi connectivity index (χ4v) is 3.78. The van der Waals surface area contributed by atoms with Crippen molar-refractivity contribution >= 4 is 23.7 Å². The van der Waals surface area contributed by atoms with Crippen LogP contribution in [-0.4, -0.2) is 38.9 Å². The summed E-state index contributed by atoms with van der Waals surface area (Å²) in [6.45, 7) is 4.16. The summed E-state index contributed by atoms with van der Waals surface area (Å²) in [6, 6.07) is 7.66. The Morgan fingerprint density at radius 1 is 1.22 bits per heavy atom. The van der Waals surface area contributed by atoms with E-state index in [1.165, 1.54) is 23.7 Å². The van der Waals surface area contributed by atoms with Crippen LogP contribution in [0.15, 0.2) is 29.4 Å². The van der Waals surface area contributed by atoms with Gasteiger partial charge in [-0.25, -0.2) is 9.78 Å². The van der Waals surface area contributed by atoms with Crippen LogP contribution in [0.1, 0.15) is 38.2 Å². The highest BCUT2D eigenvalue weighted by Crippen LogP contribution is 2.23. The SMILES string of the molecule is Cc1ccc(-c2nc(SCC(=O)NC(=O)N[C@H]3CCCC[C@@H]3C)n[nH]2)cc1. The van der Waals surface area contributed by atoms with E-state index in [1.807, 2.05) is 31.2 Å². The fraction of sp³-hybridized carbons (Fsp3) is 0.474. The Balaban J connectivity index is 1.45. The van der Waals surface area contributed by atoms with Gasteiger partial charge in [-0.3, -0.25) is 15.2 Å². The van der Waals surface area contributed by atoms with Crippen LogP contribution in [0.25, 0.3) is 11.4 Å². The fourth-order valence-electron chi connectivity index (χ4n) is 3.18. The number of nitrogens with zero attached hydrogens (tertiary/aromatic N) is 2. The van der Waals surface area contributed by atoms with Crippen LogP contribution < -0.4 is 10.6 Å². The van der Waals surface area contributed by atoms with Gasteiger partial charge >= 0.3 is 6.03 Å². The van der Waals surface area contributed by atoms with Crippen LogP contribution in [0, 0.1) is 12.8 Å². The van der Waals surface area contributed by atoms with Crippen molar-refractivity contribution in [2.75, 3.05) is 5.75 Å². The quantitative estimate of drug-likeness (QED) is 0.684. The monoisotopic (exact) mass is 387 g/mol. The molecule has 3 amide bonds. The van der Waals surface area contributed by atoms with Gasteiger partial charge in [-0.05, 0) is 25.7 Å². The number of urea groups is 1. The molecule has 144 valence electrons. The molecule has 0 saturated heterocycles. The second-order valence-electron chi connectivity index (χ2n) is 7.01. The summed E-state index contributed by atoms with van der Waals surface area (Å²) in [6.07, 6.45) is 4.41. The summed E-state index contributed by atoms with van der Waals surface area (Å²) in [5, 5.41) is 12.8. The molecule has 2 atom stereocenters. The Morgan fingerprint density at radius 3 is 2.70 bits per heavy atom. The van der Waals surface area contributed by atoms with Crippen LogP contribution in [0.5, 0.6) is 0 Å². The van der Waals surface area contributed by atoms with Crippen molar-refractivity contribution < 1.29 is 9.59 Å². The minimum Gasteiger partial charge on any atom is -0.335 e. The van der Waals surface area contributed by atoms with Crippen molar-refractivity contribution in [3.8, 4) is 11.4 Å². The first-order valence-corrected chi connectivity index (χ1v) is 10.2. The molecule has 3 rings (SSSR count). The van der Waals surface area contributed by atoms with Crippen LogP contribution in [0.2, 0.25) is 0 Å². The Kier molecular flexibility index (Phi) is 6.49. The molecule has 1 aromatic carbocycles. The van der Waals surface area contributed by atoms with Crippen molar-refractivity contribution in [1.29, 1.82) is 0 Å². The summed E-state index contributed by atoms with van der Waals surface area (Å²) in [7, 11) is 0. The summed E-state index contributed by atoms with van der Waals surface area (Å²) in [5.41, 5.74) is 2.11. The highest BCUT2D eigenvalue weighted by molar-refractivity contribution is 7.99. The smallest absolute Gasteiger partial charge is 0.321 e. The number of imide groups is 1. The molecule has 1 aromatic heterocycles. The second kappa shape index (κ2) is 9.03. The number of hydrogen-bond acceptors (Lipinski definition) is 5. The van der Waals surface area contributed by atoms with E-state index in [0.29, 0.717) is 16.9 Å². The maximum Gasteiger partial charge on any atom is 0.321 e. The molecule has 1 saturated carbocycles. The van der Waals surface area contributed by atoms with Gasteiger partial charge < -0.3 is 5.32 Å². The van der Waals surface area contributed by atoms with Crippen LogP contribution in [0.3, 0.4) is 0 Å². The largest absolute Gasteiger partial charge is 0.335 e. The average molecular weight is 388 g/mol. The van der Waals surface area contributed by atoms with Crippen molar-refractivity contribution in [3.63, 3.8) is 0 Å². The number of nitrogens with one attached hydrogen (secondary N) is 3. The van der Waals surface area contributed by atoms with E-state index in [9.17, 15) is 9.59 Å². The summed E-state index contributed by atoms with van der Waals surface area (Å²) in [5.74, 6) is 0.825. The van der Waals surface area contributed by atoms with Gasteiger partial charge in [0.15, 0.2) is 5.82 Å². The van der Waals surface area contributed by atoms with Gasteiger partial charge in [0.1, 0.15) is 0 Å². The zero-order chi connectivity index (χ0) is 19.2. The van der Waals surface area contributed by atoms with Crippen LogP contribution in [-0.2, 0) is 4.79 Å². The topological polar surface area (TPSA) is 99.8 Å². The van der Waals surface area contributed by atoms with Crippen molar-refractivity contribution in [2.24, 2.45) is 5.92 Å². The molecule has 1 aliphatic rings. The van der Waals surface area contributed by atoms with Gasteiger partial charge in [0, 0.05) is 11.6 Å². The first kappa shape index (κ1) is 19.4. The number of thioether (sulfide) groups is 1. The van der Waals surface area contributed by atoms with E-state index in [2.05, 4.69) is 32.7 Å². The number of amides is 3. The van der Waals surface area contributed by atoms with E-state index in [1.54, 1.807) is 0 Å². The lowest BCUT2D eigenvalue weighted by atomic mass is 9.86. The molecule has 0 aliphatic heterocycles. The lowest BCUT2D eigenvalue weighted by Gasteiger charge is -2.29. The highest BCUT2D eigenvalue weighted by atomic mass is 32.2. The molecule has 8 heteroatoms. The number of aryl methyl sites for hydroxylation is 1. The third-order valence-electron chi connectivity index (χ3n) is 4.80. The van der Waals surface area contributed by atoms with E-state index < -0.39 is 6.03 Å². The van der Waals surface area contributed by atoms with Gasteiger partial charge in [-0.15, -0.1) is 5.10 Å². The summed E-state index contributed by atoms with van der Waals surface area (Å²) < 4.78 is 0. The molecule has 1 fully saturated rings. The van der Waals surface area contributed by atoms with E-state index in [-0.39, 0.29) is 17.7 Å². The Hall–Kier alpha value is -2.35. The molecular formula is C19H25N5O2S. The molecule has 0 bridgehead atoms. The van der Waals surface area contributed by atoms with Gasteiger partial charge in [-0.2, -0.15) is 0 Å². The van der Waals surface area contributed by atoms with Crippen molar-refractivity contribution in [1.82, 2.24) is 25.8 Å². The molecule has 7 nitrogen and oxygen atoms in total. The number of rotatable bonds is 5. The van der Waals surface area contributed by atoms with E-state index in [4.69, 9.17) is 0 Å². The Labute approximate surface area is 163 Å². The van der Waals surface area contributed by atoms with Crippen molar-refractivity contribution in [3.05, 3.63) is 29.8 Å². The lowest BCUT2D eigenvalue weighted by Crippen LogP contribution is -2.48. The molecular weight excluding hydrogens is 362 g/mol. The normalized spacial score (nSPS) is 19.5. The number of hydrogen-bond donors (Lipinski definition) is 3. The number of benzene rings is 1. The number of aromatic amines is 1. The zero-order valence-corrected chi connectivity index (χ0v) is 16.4. The molecule has 27 heavy (non-hydrogen) atoms. The predicted molar refractivity (Wildman–Crippen MR) is 105 cm³/mol. The Bertz CT molecular complexity index is 790. The molecule has 0 unspecified atom stereocenters.